The van der Waals surface area contributed by atoms with E-state index in [9.17, 15) is 15.0 Å². The second kappa shape index (κ2) is 8.28. The van der Waals surface area contributed by atoms with Gasteiger partial charge < -0.3 is 10.2 Å². The van der Waals surface area contributed by atoms with Crippen LogP contribution in [0.3, 0.4) is 0 Å². The number of fused-ring (bicyclic) bond motifs is 5. The second-order valence-corrected chi connectivity index (χ2v) is 12.7. The lowest BCUT2D eigenvalue weighted by molar-refractivity contribution is -0.161. The van der Waals surface area contributed by atoms with Crippen molar-refractivity contribution in [2.24, 2.45) is 52.3 Å². The predicted octanol–water partition coefficient (Wildman–Crippen LogP) is 5.78. The molecule has 4 rings (SSSR count). The highest BCUT2D eigenvalue weighted by molar-refractivity contribution is 5.83. The number of aliphatic hydroxyl groups excluding tert-OH is 2. The highest BCUT2D eigenvalue weighted by Gasteiger charge is 2.63. The molecule has 4 aliphatic rings. The smallest absolute Gasteiger partial charge is 0.136 e. The average Bonchev–Trinajstić information content (AvgIpc) is 3.05. The fraction of sp³-hybridized carbons (Fsp3) is 0.893. The van der Waals surface area contributed by atoms with Gasteiger partial charge in [-0.1, -0.05) is 41.2 Å². The topological polar surface area (TPSA) is 57.5 Å². The van der Waals surface area contributed by atoms with Crippen LogP contribution in [-0.2, 0) is 4.79 Å². The van der Waals surface area contributed by atoms with E-state index in [0.717, 1.165) is 37.7 Å². The first-order valence-electron chi connectivity index (χ1n) is 13.1. The van der Waals surface area contributed by atoms with Crippen LogP contribution >= 0.6 is 0 Å². The quantitative estimate of drug-likeness (QED) is 0.543. The Balaban J connectivity index is 1.53. The summed E-state index contributed by atoms with van der Waals surface area (Å²) in [7, 11) is 0. The van der Waals surface area contributed by atoms with Gasteiger partial charge in [0.05, 0.1) is 12.2 Å². The number of rotatable bonds is 5. The van der Waals surface area contributed by atoms with E-state index in [4.69, 9.17) is 0 Å². The Morgan fingerprint density at radius 2 is 1.71 bits per heavy atom. The maximum absolute atomic E-state index is 13.5. The number of aliphatic hydroxyl groups is 2. The second-order valence-electron chi connectivity index (χ2n) is 12.7. The van der Waals surface area contributed by atoms with Gasteiger partial charge in [-0.15, -0.1) is 0 Å². The van der Waals surface area contributed by atoms with Gasteiger partial charge in [0.2, 0.25) is 0 Å². The van der Waals surface area contributed by atoms with Crippen LogP contribution in [0, 0.1) is 52.3 Å². The van der Waals surface area contributed by atoms with Crippen LogP contribution in [0.2, 0.25) is 0 Å². The molecule has 0 spiro atoms. The molecule has 0 aromatic carbocycles. The summed E-state index contributed by atoms with van der Waals surface area (Å²) in [6.07, 6.45) is 8.41. The van der Waals surface area contributed by atoms with Crippen molar-refractivity contribution < 1.29 is 15.0 Å². The van der Waals surface area contributed by atoms with Gasteiger partial charge in [0.15, 0.2) is 0 Å². The Labute approximate surface area is 190 Å². The lowest BCUT2D eigenvalue weighted by atomic mass is 9.44. The van der Waals surface area contributed by atoms with Crippen LogP contribution < -0.4 is 0 Å². The summed E-state index contributed by atoms with van der Waals surface area (Å²) in [6, 6.07) is 0. The van der Waals surface area contributed by atoms with Crippen molar-refractivity contribution in [1.29, 1.82) is 0 Å². The van der Waals surface area contributed by atoms with E-state index < -0.39 is 6.10 Å². The van der Waals surface area contributed by atoms with Gasteiger partial charge in [0.25, 0.3) is 0 Å². The van der Waals surface area contributed by atoms with E-state index in [2.05, 4.69) is 41.2 Å². The molecule has 2 N–H and O–H groups in total. The van der Waals surface area contributed by atoms with Crippen molar-refractivity contribution in [2.45, 2.75) is 105 Å². The lowest BCUT2D eigenvalue weighted by Crippen LogP contribution is -2.57. The third kappa shape index (κ3) is 3.76. The van der Waals surface area contributed by atoms with Gasteiger partial charge in [0.1, 0.15) is 5.78 Å². The zero-order valence-corrected chi connectivity index (χ0v) is 20.6. The van der Waals surface area contributed by atoms with E-state index in [1.807, 2.05) is 0 Å². The summed E-state index contributed by atoms with van der Waals surface area (Å²) in [4.78, 5) is 13.5. The van der Waals surface area contributed by atoms with E-state index in [-0.39, 0.29) is 22.9 Å². The minimum Gasteiger partial charge on any atom is -0.393 e. The molecule has 0 unspecified atom stereocenters. The van der Waals surface area contributed by atoms with Gasteiger partial charge in [-0.25, -0.2) is 0 Å². The Bertz CT molecular complexity index is 713. The molecule has 31 heavy (non-hydrogen) atoms. The molecule has 0 radical (unpaired) electrons. The largest absolute Gasteiger partial charge is 0.393 e. The Hall–Kier alpha value is -0.670. The molecule has 3 heteroatoms. The van der Waals surface area contributed by atoms with Gasteiger partial charge in [-0.3, -0.25) is 4.79 Å². The van der Waals surface area contributed by atoms with Crippen molar-refractivity contribution in [2.75, 3.05) is 0 Å². The van der Waals surface area contributed by atoms with Crippen molar-refractivity contribution in [1.82, 2.24) is 0 Å². The molecule has 0 saturated heterocycles. The minimum absolute atomic E-state index is 0.208. The molecule has 4 aliphatic carbocycles. The molecule has 10 atom stereocenters. The molecule has 0 aromatic rings. The lowest BCUT2D eigenvalue weighted by Gasteiger charge is -2.60. The molecule has 0 bridgehead atoms. The van der Waals surface area contributed by atoms with E-state index >= 15 is 0 Å². The zero-order valence-electron chi connectivity index (χ0n) is 20.6. The van der Waals surface area contributed by atoms with Crippen LogP contribution in [0.1, 0.15) is 92.4 Å². The minimum atomic E-state index is -0.418. The summed E-state index contributed by atoms with van der Waals surface area (Å²) >= 11 is 0. The first-order chi connectivity index (χ1) is 14.5. The van der Waals surface area contributed by atoms with Crippen LogP contribution in [0.15, 0.2) is 12.2 Å². The van der Waals surface area contributed by atoms with E-state index in [1.54, 1.807) is 0 Å². The van der Waals surface area contributed by atoms with Crippen LogP contribution in [0.25, 0.3) is 0 Å². The predicted molar refractivity (Wildman–Crippen MR) is 125 cm³/mol. The molecule has 4 fully saturated rings. The van der Waals surface area contributed by atoms with Gasteiger partial charge >= 0.3 is 0 Å². The molecule has 0 heterocycles. The van der Waals surface area contributed by atoms with Gasteiger partial charge in [-0.2, -0.15) is 0 Å². The summed E-state index contributed by atoms with van der Waals surface area (Å²) in [5.74, 6) is 3.45. The fourth-order valence-corrected chi connectivity index (χ4v) is 8.94. The maximum atomic E-state index is 13.5. The number of hydrogen-bond acceptors (Lipinski definition) is 3. The fourth-order valence-electron chi connectivity index (χ4n) is 8.94. The summed E-state index contributed by atoms with van der Waals surface area (Å²) in [5, 5.41) is 21.0. The van der Waals surface area contributed by atoms with Gasteiger partial charge in [0, 0.05) is 12.3 Å². The summed E-state index contributed by atoms with van der Waals surface area (Å²) < 4.78 is 0. The Morgan fingerprint density at radius 1 is 1.06 bits per heavy atom. The molecular weight excluding hydrogens is 384 g/mol. The molecule has 4 saturated carbocycles. The molecule has 0 aliphatic heterocycles. The first-order valence-corrected chi connectivity index (χ1v) is 13.1. The van der Waals surface area contributed by atoms with Crippen molar-refractivity contribution in [3.05, 3.63) is 12.2 Å². The normalized spacial score (nSPS) is 46.8. The zero-order chi connectivity index (χ0) is 22.7. The van der Waals surface area contributed by atoms with E-state index in [0.29, 0.717) is 47.7 Å². The number of carbonyl (C=O) groups excluding carboxylic acids is 1. The summed E-state index contributed by atoms with van der Waals surface area (Å²) in [5.41, 5.74) is 1.40. The van der Waals surface area contributed by atoms with Crippen molar-refractivity contribution in [3.63, 3.8) is 0 Å². The monoisotopic (exact) mass is 430 g/mol. The highest BCUT2D eigenvalue weighted by Crippen LogP contribution is 2.67. The SMILES string of the molecule is C=C(C(C)C)[C@H](O)C[C@@H](C)[C@H]1CC[C@H]2[C@@H]3C(=O)C[C@H]4C[C@@H](O)CC[C@]4(C)[C@H]3CC[C@]12C. The Morgan fingerprint density at radius 3 is 2.39 bits per heavy atom. The summed E-state index contributed by atoms with van der Waals surface area (Å²) in [6.45, 7) is 15.6. The molecular formula is C28H46O3. The first kappa shape index (κ1) is 23.5. The standard InChI is InChI=1S/C28H46O3/c1-16(2)18(4)24(30)13-17(3)21-7-8-22-26-23(10-12-28(21,22)6)27(5)11-9-20(29)14-19(27)15-25(26)31/h16-17,19-24,26,29-30H,4,7-15H2,1-3,5-6H3/t17-,19-,20+,21-,22+,23+,24-,26+,27+,28-/m1/s1. The average molecular weight is 431 g/mol. The molecule has 0 amide bonds. The highest BCUT2D eigenvalue weighted by atomic mass is 16.3. The van der Waals surface area contributed by atoms with Crippen LogP contribution in [0.5, 0.6) is 0 Å². The molecule has 0 aromatic heterocycles. The van der Waals surface area contributed by atoms with Crippen molar-refractivity contribution in [3.8, 4) is 0 Å². The number of ketones is 1. The third-order valence-corrected chi connectivity index (χ3v) is 11.0. The number of hydrogen-bond donors (Lipinski definition) is 2. The van der Waals surface area contributed by atoms with Crippen LogP contribution in [-0.4, -0.2) is 28.2 Å². The van der Waals surface area contributed by atoms with E-state index in [1.165, 1.54) is 19.3 Å². The number of Topliss-reactive ketones (excluding diaryl/α,β-unsaturated/α-hetero) is 1. The molecule has 3 nitrogen and oxygen atoms in total. The number of carbonyl (C=O) groups is 1. The van der Waals surface area contributed by atoms with Crippen LogP contribution in [0.4, 0.5) is 0 Å². The van der Waals surface area contributed by atoms with Gasteiger partial charge in [-0.05, 0) is 103 Å². The maximum Gasteiger partial charge on any atom is 0.136 e. The third-order valence-electron chi connectivity index (χ3n) is 11.0. The Kier molecular flexibility index (Phi) is 6.27. The molecule has 176 valence electrons. The van der Waals surface area contributed by atoms with Crippen molar-refractivity contribution >= 4 is 5.78 Å².